The number of ether oxygens (including phenoxy) is 1. The minimum absolute atomic E-state index is 0.388. The van der Waals surface area contributed by atoms with Gasteiger partial charge in [0.1, 0.15) is 16.5 Å². The second kappa shape index (κ2) is 6.16. The van der Waals surface area contributed by atoms with E-state index in [1.54, 1.807) is 0 Å². The summed E-state index contributed by atoms with van der Waals surface area (Å²) in [5.41, 5.74) is 7.50. The number of rotatable bonds is 5. The summed E-state index contributed by atoms with van der Waals surface area (Å²) in [5.74, 6) is 1.60. The van der Waals surface area contributed by atoms with Gasteiger partial charge < -0.3 is 10.5 Å². The van der Waals surface area contributed by atoms with Crippen LogP contribution in [0.1, 0.15) is 11.1 Å². The summed E-state index contributed by atoms with van der Waals surface area (Å²) in [7, 11) is 0. The maximum atomic E-state index is 5.86. The van der Waals surface area contributed by atoms with E-state index in [1.807, 2.05) is 54.6 Å². The van der Waals surface area contributed by atoms with Gasteiger partial charge in [-0.1, -0.05) is 36.5 Å². The Kier molecular flexibility index (Phi) is 4.31. The summed E-state index contributed by atoms with van der Waals surface area (Å²) >= 11 is 4.92. The zero-order chi connectivity index (χ0) is 13.7. The van der Waals surface area contributed by atoms with E-state index in [-0.39, 0.29) is 0 Å². The summed E-state index contributed by atoms with van der Waals surface area (Å²) in [5, 5.41) is 0. The molecule has 0 amide bonds. The summed E-state index contributed by atoms with van der Waals surface area (Å²) in [4.78, 5) is 0.388. The molecule has 2 aromatic carbocycles. The first-order chi connectivity index (χ1) is 9.20. The molecule has 0 fully saturated rings. The number of para-hydroxylation sites is 1. The van der Waals surface area contributed by atoms with Crippen LogP contribution in [-0.4, -0.2) is 4.99 Å². The molecule has 0 aliphatic carbocycles. The molecule has 2 rings (SSSR count). The first-order valence-corrected chi connectivity index (χ1v) is 6.38. The van der Waals surface area contributed by atoms with E-state index in [9.17, 15) is 0 Å². The molecule has 2 N–H and O–H groups in total. The Labute approximate surface area is 118 Å². The van der Waals surface area contributed by atoms with Gasteiger partial charge in [-0.3, -0.25) is 0 Å². The third kappa shape index (κ3) is 3.42. The lowest BCUT2D eigenvalue weighted by molar-refractivity contribution is 0.477. The van der Waals surface area contributed by atoms with Crippen molar-refractivity contribution in [2.75, 3.05) is 0 Å². The molecule has 2 aromatic rings. The van der Waals surface area contributed by atoms with Gasteiger partial charge in [0.2, 0.25) is 0 Å². The van der Waals surface area contributed by atoms with E-state index in [0.29, 0.717) is 4.99 Å². The van der Waals surface area contributed by atoms with Crippen molar-refractivity contribution < 1.29 is 4.74 Å². The molecule has 0 heterocycles. The Morgan fingerprint density at radius 3 is 2.47 bits per heavy atom. The topological polar surface area (TPSA) is 35.2 Å². The standard InChI is InChI=1S/C16H15NOS/c1-2-5-12-6-3-4-7-15(12)18-14-10-8-13(9-11-14)16(17)19/h2-4,6-11H,1,5H2,(H2,17,19). The normalized spacial score (nSPS) is 9.89. The zero-order valence-corrected chi connectivity index (χ0v) is 11.3. The Morgan fingerprint density at radius 1 is 1.16 bits per heavy atom. The molecule has 3 heteroatoms. The molecule has 0 saturated heterocycles. The Balaban J connectivity index is 2.21. The number of nitrogens with two attached hydrogens (primary N) is 1. The van der Waals surface area contributed by atoms with Crippen LogP contribution in [0.3, 0.4) is 0 Å². The average molecular weight is 269 g/mol. The highest BCUT2D eigenvalue weighted by atomic mass is 32.1. The largest absolute Gasteiger partial charge is 0.457 e. The smallest absolute Gasteiger partial charge is 0.130 e. The lowest BCUT2D eigenvalue weighted by atomic mass is 10.1. The van der Waals surface area contributed by atoms with Crippen LogP contribution in [0.5, 0.6) is 11.5 Å². The van der Waals surface area contributed by atoms with Crippen LogP contribution in [0, 0.1) is 0 Å². The molecule has 0 saturated carbocycles. The maximum Gasteiger partial charge on any atom is 0.130 e. The van der Waals surface area contributed by atoms with Gasteiger partial charge in [0.25, 0.3) is 0 Å². The monoisotopic (exact) mass is 269 g/mol. The van der Waals surface area contributed by atoms with Crippen molar-refractivity contribution in [1.82, 2.24) is 0 Å². The van der Waals surface area contributed by atoms with Gasteiger partial charge in [0, 0.05) is 5.56 Å². The Morgan fingerprint density at radius 2 is 1.84 bits per heavy atom. The first kappa shape index (κ1) is 13.3. The number of allylic oxidation sites excluding steroid dienone is 1. The molecule has 0 radical (unpaired) electrons. The van der Waals surface area contributed by atoms with Crippen molar-refractivity contribution in [3.8, 4) is 11.5 Å². The molecule has 0 aliphatic heterocycles. The predicted octanol–water partition coefficient (Wildman–Crippen LogP) is 3.84. The number of benzene rings is 2. The summed E-state index contributed by atoms with van der Waals surface area (Å²) in [6.07, 6.45) is 2.64. The molecule has 0 bridgehead atoms. The molecule has 19 heavy (non-hydrogen) atoms. The van der Waals surface area contributed by atoms with Crippen molar-refractivity contribution in [2.45, 2.75) is 6.42 Å². The number of thiocarbonyl (C=S) groups is 1. The SMILES string of the molecule is C=CCc1ccccc1Oc1ccc(C(N)=S)cc1. The van der Waals surface area contributed by atoms with Gasteiger partial charge in [-0.15, -0.1) is 6.58 Å². The van der Waals surface area contributed by atoms with Gasteiger partial charge in [-0.05, 0) is 42.3 Å². The Bertz CT molecular complexity index is 590. The average Bonchev–Trinajstić information content (AvgIpc) is 2.42. The van der Waals surface area contributed by atoms with E-state index < -0.39 is 0 Å². The van der Waals surface area contributed by atoms with E-state index in [0.717, 1.165) is 29.0 Å². The second-order valence-electron chi connectivity index (χ2n) is 4.09. The molecular weight excluding hydrogens is 254 g/mol. The van der Waals surface area contributed by atoms with Crippen molar-refractivity contribution in [2.24, 2.45) is 5.73 Å². The van der Waals surface area contributed by atoms with Crippen molar-refractivity contribution in [1.29, 1.82) is 0 Å². The quantitative estimate of drug-likeness (QED) is 0.661. The number of hydrogen-bond donors (Lipinski definition) is 1. The molecule has 0 unspecified atom stereocenters. The van der Waals surface area contributed by atoms with Crippen LogP contribution in [0.15, 0.2) is 61.2 Å². The Hall–Kier alpha value is -2.13. The fourth-order valence-corrected chi connectivity index (χ4v) is 1.88. The number of hydrogen-bond acceptors (Lipinski definition) is 2. The van der Waals surface area contributed by atoms with Gasteiger partial charge in [-0.2, -0.15) is 0 Å². The molecule has 0 atom stereocenters. The van der Waals surface area contributed by atoms with Crippen molar-refractivity contribution in [3.63, 3.8) is 0 Å². The zero-order valence-electron chi connectivity index (χ0n) is 10.5. The summed E-state index contributed by atoms with van der Waals surface area (Å²) in [6.45, 7) is 3.75. The highest BCUT2D eigenvalue weighted by molar-refractivity contribution is 7.80. The molecule has 96 valence electrons. The van der Waals surface area contributed by atoms with Gasteiger partial charge in [0.15, 0.2) is 0 Å². The van der Waals surface area contributed by atoms with E-state index in [4.69, 9.17) is 22.7 Å². The van der Waals surface area contributed by atoms with E-state index >= 15 is 0 Å². The van der Waals surface area contributed by atoms with Gasteiger partial charge in [-0.25, -0.2) is 0 Å². The van der Waals surface area contributed by atoms with Gasteiger partial charge >= 0.3 is 0 Å². The fourth-order valence-electron chi connectivity index (χ4n) is 1.74. The van der Waals surface area contributed by atoms with Crippen LogP contribution in [-0.2, 0) is 6.42 Å². The highest BCUT2D eigenvalue weighted by Crippen LogP contribution is 2.26. The van der Waals surface area contributed by atoms with E-state index in [2.05, 4.69) is 6.58 Å². The molecule has 0 spiro atoms. The van der Waals surface area contributed by atoms with Crippen LogP contribution in [0.2, 0.25) is 0 Å². The van der Waals surface area contributed by atoms with E-state index in [1.165, 1.54) is 0 Å². The fraction of sp³-hybridized carbons (Fsp3) is 0.0625. The minimum Gasteiger partial charge on any atom is -0.457 e. The molecular formula is C16H15NOS. The lowest BCUT2D eigenvalue weighted by Crippen LogP contribution is -2.08. The molecule has 0 aliphatic rings. The van der Waals surface area contributed by atoms with Crippen LogP contribution < -0.4 is 10.5 Å². The third-order valence-corrected chi connectivity index (χ3v) is 2.94. The van der Waals surface area contributed by atoms with Crippen LogP contribution in [0.4, 0.5) is 0 Å². The lowest BCUT2D eigenvalue weighted by Gasteiger charge is -2.10. The maximum absolute atomic E-state index is 5.86. The second-order valence-corrected chi connectivity index (χ2v) is 4.53. The van der Waals surface area contributed by atoms with Crippen LogP contribution in [0.25, 0.3) is 0 Å². The van der Waals surface area contributed by atoms with Crippen molar-refractivity contribution >= 4 is 17.2 Å². The minimum atomic E-state index is 0.388. The predicted molar refractivity (Wildman–Crippen MR) is 82.7 cm³/mol. The third-order valence-electron chi connectivity index (χ3n) is 2.70. The van der Waals surface area contributed by atoms with Crippen LogP contribution >= 0.6 is 12.2 Å². The van der Waals surface area contributed by atoms with Gasteiger partial charge in [0.05, 0.1) is 0 Å². The molecule has 0 aromatic heterocycles. The first-order valence-electron chi connectivity index (χ1n) is 5.97. The summed E-state index contributed by atoms with van der Waals surface area (Å²) < 4.78 is 5.86. The molecule has 2 nitrogen and oxygen atoms in total. The van der Waals surface area contributed by atoms with Crippen molar-refractivity contribution in [3.05, 3.63) is 72.3 Å². The highest BCUT2D eigenvalue weighted by Gasteiger charge is 2.03. The summed E-state index contributed by atoms with van der Waals surface area (Å²) in [6, 6.07) is 15.3.